The standard InChI is InChI=1S/C21H25N3O5/c1-26-17-5-4-16(13-18(17)27-2)23-20(25)15-3-6-19(22-14-15)24-9-7-21(8-10-24)28-11-12-29-21/h3-6,13-14H,7-12H2,1-2H3,(H,23,25). The maximum atomic E-state index is 12.6. The predicted octanol–water partition coefficient (Wildman–Crippen LogP) is 2.69. The third-order valence-corrected chi connectivity index (χ3v) is 5.31. The topological polar surface area (TPSA) is 82.2 Å². The predicted molar refractivity (Wildman–Crippen MR) is 108 cm³/mol. The van der Waals surface area contributed by atoms with Crippen molar-refractivity contribution in [3.63, 3.8) is 0 Å². The summed E-state index contributed by atoms with van der Waals surface area (Å²) in [6.07, 6.45) is 3.23. The van der Waals surface area contributed by atoms with Crippen molar-refractivity contribution in [3.05, 3.63) is 42.1 Å². The van der Waals surface area contributed by atoms with Crippen molar-refractivity contribution < 1.29 is 23.7 Å². The SMILES string of the molecule is COc1ccc(NC(=O)c2ccc(N3CCC4(CC3)OCCO4)nc2)cc1OC. The molecule has 2 fully saturated rings. The molecule has 1 spiro atoms. The molecule has 2 saturated heterocycles. The van der Waals surface area contributed by atoms with Gasteiger partial charge in [-0.2, -0.15) is 0 Å². The highest BCUT2D eigenvalue weighted by Gasteiger charge is 2.40. The van der Waals surface area contributed by atoms with E-state index in [1.807, 2.05) is 6.07 Å². The number of aromatic nitrogens is 1. The van der Waals surface area contributed by atoms with Crippen molar-refractivity contribution >= 4 is 17.4 Å². The number of ether oxygens (including phenoxy) is 4. The number of nitrogens with one attached hydrogen (secondary N) is 1. The highest BCUT2D eigenvalue weighted by atomic mass is 16.7. The van der Waals surface area contributed by atoms with Crippen molar-refractivity contribution in [3.8, 4) is 11.5 Å². The first-order chi connectivity index (χ1) is 14.1. The number of methoxy groups -OCH3 is 2. The molecule has 1 aromatic heterocycles. The zero-order valence-electron chi connectivity index (χ0n) is 16.6. The van der Waals surface area contributed by atoms with Crippen molar-refractivity contribution in [1.29, 1.82) is 0 Å². The van der Waals surface area contributed by atoms with Crippen molar-refractivity contribution in [1.82, 2.24) is 4.98 Å². The van der Waals surface area contributed by atoms with E-state index in [-0.39, 0.29) is 5.91 Å². The fraction of sp³-hybridized carbons (Fsp3) is 0.429. The zero-order valence-corrected chi connectivity index (χ0v) is 16.6. The van der Waals surface area contributed by atoms with E-state index in [2.05, 4.69) is 15.2 Å². The minimum Gasteiger partial charge on any atom is -0.493 e. The van der Waals surface area contributed by atoms with Gasteiger partial charge in [0.2, 0.25) is 0 Å². The Morgan fingerprint density at radius 2 is 1.79 bits per heavy atom. The molecule has 3 heterocycles. The Balaban J connectivity index is 1.38. The number of hydrogen-bond donors (Lipinski definition) is 1. The van der Waals surface area contributed by atoms with Crippen molar-refractivity contribution in [2.75, 3.05) is 50.7 Å². The molecular formula is C21H25N3O5. The van der Waals surface area contributed by atoms with Gasteiger partial charge in [0.1, 0.15) is 5.82 Å². The van der Waals surface area contributed by atoms with Crippen LogP contribution in [0.3, 0.4) is 0 Å². The molecule has 2 aliphatic rings. The minimum absolute atomic E-state index is 0.235. The van der Waals surface area contributed by atoms with Crippen LogP contribution in [-0.4, -0.2) is 57.2 Å². The van der Waals surface area contributed by atoms with Gasteiger partial charge >= 0.3 is 0 Å². The van der Waals surface area contributed by atoms with Crippen molar-refractivity contribution in [2.45, 2.75) is 18.6 Å². The molecule has 2 aromatic rings. The van der Waals surface area contributed by atoms with Crippen LogP contribution in [0.2, 0.25) is 0 Å². The van der Waals surface area contributed by atoms with E-state index in [0.717, 1.165) is 31.7 Å². The summed E-state index contributed by atoms with van der Waals surface area (Å²) in [4.78, 5) is 19.2. The van der Waals surface area contributed by atoms with Crippen molar-refractivity contribution in [2.24, 2.45) is 0 Å². The second-order valence-corrected chi connectivity index (χ2v) is 7.02. The number of amides is 1. The minimum atomic E-state index is -0.407. The van der Waals surface area contributed by atoms with Crippen LogP contribution >= 0.6 is 0 Å². The van der Waals surface area contributed by atoms with Gasteiger partial charge in [-0.3, -0.25) is 4.79 Å². The maximum absolute atomic E-state index is 12.6. The molecule has 1 amide bonds. The average Bonchev–Trinajstić information content (AvgIpc) is 3.22. The first-order valence-electron chi connectivity index (χ1n) is 9.65. The normalized spacial score (nSPS) is 17.9. The average molecular weight is 399 g/mol. The van der Waals surface area contributed by atoms with Crippen LogP contribution in [0.25, 0.3) is 0 Å². The summed E-state index contributed by atoms with van der Waals surface area (Å²) in [7, 11) is 3.12. The Morgan fingerprint density at radius 1 is 1.07 bits per heavy atom. The molecule has 29 heavy (non-hydrogen) atoms. The van der Waals surface area contributed by atoms with Gasteiger partial charge in [-0.15, -0.1) is 0 Å². The summed E-state index contributed by atoms with van der Waals surface area (Å²) >= 11 is 0. The molecule has 1 N–H and O–H groups in total. The second-order valence-electron chi connectivity index (χ2n) is 7.02. The summed E-state index contributed by atoms with van der Waals surface area (Å²) in [6, 6.07) is 8.88. The molecular weight excluding hydrogens is 374 g/mol. The Labute approximate surface area is 169 Å². The van der Waals surface area contributed by atoms with Crippen LogP contribution in [0.5, 0.6) is 11.5 Å². The van der Waals surface area contributed by atoms with E-state index in [9.17, 15) is 4.79 Å². The first-order valence-corrected chi connectivity index (χ1v) is 9.65. The first kappa shape index (κ1) is 19.5. The van der Waals surface area contributed by atoms with Crippen LogP contribution in [0.1, 0.15) is 23.2 Å². The van der Waals surface area contributed by atoms with Gasteiger partial charge in [0.15, 0.2) is 17.3 Å². The van der Waals surface area contributed by atoms with Gasteiger partial charge in [-0.1, -0.05) is 0 Å². The number of carbonyl (C=O) groups is 1. The number of carbonyl (C=O) groups excluding carboxylic acids is 1. The second kappa shape index (κ2) is 8.26. The lowest BCUT2D eigenvalue weighted by atomic mass is 10.0. The molecule has 2 aliphatic heterocycles. The quantitative estimate of drug-likeness (QED) is 0.828. The van der Waals surface area contributed by atoms with E-state index < -0.39 is 5.79 Å². The molecule has 1 aromatic carbocycles. The third kappa shape index (κ3) is 4.13. The lowest BCUT2D eigenvalue weighted by molar-refractivity contribution is -0.169. The molecule has 154 valence electrons. The van der Waals surface area contributed by atoms with Crippen LogP contribution < -0.4 is 19.7 Å². The van der Waals surface area contributed by atoms with Crippen LogP contribution in [0, 0.1) is 0 Å². The van der Waals surface area contributed by atoms with E-state index in [1.54, 1.807) is 44.7 Å². The number of nitrogens with zero attached hydrogens (tertiary/aromatic N) is 2. The number of hydrogen-bond acceptors (Lipinski definition) is 7. The van der Waals surface area contributed by atoms with Gasteiger partial charge in [0.25, 0.3) is 5.91 Å². The van der Waals surface area contributed by atoms with E-state index >= 15 is 0 Å². The molecule has 8 nitrogen and oxygen atoms in total. The molecule has 0 radical (unpaired) electrons. The Hall–Kier alpha value is -2.84. The Kier molecular flexibility index (Phi) is 5.55. The maximum Gasteiger partial charge on any atom is 0.257 e. The molecule has 4 rings (SSSR count). The highest BCUT2D eigenvalue weighted by Crippen LogP contribution is 2.33. The highest BCUT2D eigenvalue weighted by molar-refractivity contribution is 6.04. The summed E-state index contributed by atoms with van der Waals surface area (Å²) in [5.74, 6) is 1.36. The lowest BCUT2D eigenvalue weighted by Gasteiger charge is -2.38. The van der Waals surface area contributed by atoms with E-state index in [4.69, 9.17) is 18.9 Å². The summed E-state index contributed by atoms with van der Waals surface area (Å²) in [5, 5.41) is 2.86. The van der Waals surface area contributed by atoms with Gasteiger partial charge in [0.05, 0.1) is 33.0 Å². The molecule has 0 saturated carbocycles. The smallest absolute Gasteiger partial charge is 0.257 e. The van der Waals surface area contributed by atoms with Crippen LogP contribution in [0.4, 0.5) is 11.5 Å². The monoisotopic (exact) mass is 399 g/mol. The number of piperidine rings is 1. The number of pyridine rings is 1. The zero-order chi connectivity index (χ0) is 20.3. The Bertz CT molecular complexity index is 855. The largest absolute Gasteiger partial charge is 0.493 e. The van der Waals surface area contributed by atoms with Gasteiger partial charge < -0.3 is 29.2 Å². The fourth-order valence-electron chi connectivity index (χ4n) is 3.69. The van der Waals surface area contributed by atoms with E-state index in [0.29, 0.717) is 36.0 Å². The van der Waals surface area contributed by atoms with Gasteiger partial charge in [-0.25, -0.2) is 4.98 Å². The van der Waals surface area contributed by atoms with Gasteiger partial charge in [0, 0.05) is 43.9 Å². The summed E-state index contributed by atoms with van der Waals surface area (Å²) in [5.41, 5.74) is 1.11. The number of benzene rings is 1. The van der Waals surface area contributed by atoms with Gasteiger partial charge in [-0.05, 0) is 24.3 Å². The third-order valence-electron chi connectivity index (χ3n) is 5.31. The fourth-order valence-corrected chi connectivity index (χ4v) is 3.69. The molecule has 0 atom stereocenters. The number of anilines is 2. The Morgan fingerprint density at radius 3 is 2.41 bits per heavy atom. The van der Waals surface area contributed by atoms with Crippen LogP contribution in [-0.2, 0) is 9.47 Å². The molecule has 0 bridgehead atoms. The molecule has 0 unspecified atom stereocenters. The summed E-state index contributed by atoms with van der Waals surface area (Å²) < 4.78 is 22.0. The summed E-state index contributed by atoms with van der Waals surface area (Å²) in [6.45, 7) is 2.96. The molecule has 8 heteroatoms. The van der Waals surface area contributed by atoms with Crippen LogP contribution in [0.15, 0.2) is 36.5 Å². The molecule has 0 aliphatic carbocycles. The van der Waals surface area contributed by atoms with E-state index in [1.165, 1.54) is 0 Å². The number of rotatable bonds is 5. The lowest BCUT2D eigenvalue weighted by Crippen LogP contribution is -2.45.